The zero-order chi connectivity index (χ0) is 12.4. The molecule has 0 aliphatic rings. The van der Waals surface area contributed by atoms with Crippen LogP contribution in [0.5, 0.6) is 5.75 Å². The van der Waals surface area contributed by atoms with Gasteiger partial charge < -0.3 is 4.74 Å². The molecule has 0 aliphatic heterocycles. The highest BCUT2D eigenvalue weighted by Gasteiger charge is 2.03. The minimum atomic E-state index is 0.491. The number of hydrogen-bond acceptors (Lipinski definition) is 3. The first-order valence-electron chi connectivity index (χ1n) is 5.62. The second-order valence-electron chi connectivity index (χ2n) is 4.27. The maximum atomic E-state index is 5.71. The molecule has 2 aromatic heterocycles. The molecule has 4 heteroatoms. The quantitative estimate of drug-likeness (QED) is 0.814. The summed E-state index contributed by atoms with van der Waals surface area (Å²) in [5, 5.41) is 4.35. The number of nitrogens with zero attached hydrogens (tertiary/aromatic N) is 3. The maximum absolute atomic E-state index is 5.71. The van der Waals surface area contributed by atoms with E-state index < -0.39 is 0 Å². The zero-order valence-corrected chi connectivity index (χ0v) is 10.7. The van der Waals surface area contributed by atoms with Crippen molar-refractivity contribution in [2.75, 3.05) is 0 Å². The van der Waals surface area contributed by atoms with E-state index >= 15 is 0 Å². The Morgan fingerprint density at radius 3 is 2.29 bits per heavy atom. The van der Waals surface area contributed by atoms with Gasteiger partial charge in [-0.3, -0.25) is 9.67 Å². The van der Waals surface area contributed by atoms with Gasteiger partial charge in [-0.25, -0.2) is 0 Å². The second-order valence-corrected chi connectivity index (χ2v) is 4.27. The molecule has 0 spiro atoms. The van der Waals surface area contributed by atoms with E-state index in [0.717, 1.165) is 28.5 Å². The lowest BCUT2D eigenvalue weighted by Crippen LogP contribution is -1.99. The standard InChI is InChI=1S/C13H17N3O/c1-9-5-13(6-10(2)14-9)17-8-12-7-11(3)16(4)15-12/h5-7H,8H2,1-4H3. The highest BCUT2D eigenvalue weighted by atomic mass is 16.5. The van der Waals surface area contributed by atoms with E-state index in [-0.39, 0.29) is 0 Å². The molecule has 0 aromatic carbocycles. The number of ether oxygens (including phenoxy) is 1. The van der Waals surface area contributed by atoms with Gasteiger partial charge in [-0.15, -0.1) is 0 Å². The third kappa shape index (κ3) is 2.84. The molecule has 0 fully saturated rings. The molecule has 0 unspecified atom stereocenters. The summed E-state index contributed by atoms with van der Waals surface area (Å²) in [7, 11) is 1.93. The fraction of sp³-hybridized carbons (Fsp3) is 0.385. The summed E-state index contributed by atoms with van der Waals surface area (Å²) in [4.78, 5) is 4.31. The SMILES string of the molecule is Cc1cc(OCc2cc(C)n(C)n2)cc(C)n1. The van der Waals surface area contributed by atoms with Gasteiger partial charge in [-0.2, -0.15) is 5.10 Å². The van der Waals surface area contributed by atoms with E-state index in [1.54, 1.807) is 0 Å². The molecule has 90 valence electrons. The predicted molar refractivity (Wildman–Crippen MR) is 66.0 cm³/mol. The van der Waals surface area contributed by atoms with Crippen LogP contribution in [0.4, 0.5) is 0 Å². The largest absolute Gasteiger partial charge is 0.487 e. The van der Waals surface area contributed by atoms with Crippen molar-refractivity contribution >= 4 is 0 Å². The van der Waals surface area contributed by atoms with Crippen LogP contribution in [0.25, 0.3) is 0 Å². The lowest BCUT2D eigenvalue weighted by molar-refractivity contribution is 0.299. The minimum absolute atomic E-state index is 0.491. The van der Waals surface area contributed by atoms with Crippen LogP contribution in [0.3, 0.4) is 0 Å². The third-order valence-corrected chi connectivity index (χ3v) is 2.61. The average Bonchev–Trinajstić information content (AvgIpc) is 2.54. The van der Waals surface area contributed by atoms with Crippen LogP contribution in [0.2, 0.25) is 0 Å². The van der Waals surface area contributed by atoms with Crippen LogP contribution in [0.1, 0.15) is 22.8 Å². The molecule has 4 nitrogen and oxygen atoms in total. The lowest BCUT2D eigenvalue weighted by atomic mass is 10.3. The number of rotatable bonds is 3. The molecular formula is C13H17N3O. The molecule has 2 heterocycles. The van der Waals surface area contributed by atoms with Crippen LogP contribution >= 0.6 is 0 Å². The van der Waals surface area contributed by atoms with Crippen LogP contribution in [0.15, 0.2) is 18.2 Å². The van der Waals surface area contributed by atoms with Gasteiger partial charge in [0.25, 0.3) is 0 Å². The second kappa shape index (κ2) is 4.57. The molecule has 2 aromatic rings. The molecule has 0 saturated heterocycles. The molecule has 0 aliphatic carbocycles. The summed E-state index contributed by atoms with van der Waals surface area (Å²) in [6, 6.07) is 5.90. The number of hydrogen-bond donors (Lipinski definition) is 0. The van der Waals surface area contributed by atoms with Gasteiger partial charge in [0.05, 0.1) is 0 Å². The van der Waals surface area contributed by atoms with Gasteiger partial charge in [0, 0.05) is 36.3 Å². The highest BCUT2D eigenvalue weighted by Crippen LogP contribution is 2.15. The van der Waals surface area contributed by atoms with Crippen LogP contribution in [0, 0.1) is 20.8 Å². The molecule has 0 saturated carbocycles. The van der Waals surface area contributed by atoms with Crippen molar-refractivity contribution in [3.05, 3.63) is 41.0 Å². The fourth-order valence-electron chi connectivity index (χ4n) is 1.74. The summed E-state index contributed by atoms with van der Waals surface area (Å²) in [6.45, 7) is 6.44. The molecule has 0 amide bonds. The minimum Gasteiger partial charge on any atom is -0.487 e. The number of aryl methyl sites for hydroxylation is 4. The molecule has 0 N–H and O–H groups in total. The lowest BCUT2D eigenvalue weighted by Gasteiger charge is -2.05. The Morgan fingerprint density at radius 1 is 1.12 bits per heavy atom. The summed E-state index contributed by atoms with van der Waals surface area (Å²) in [5.74, 6) is 0.846. The molecule has 17 heavy (non-hydrogen) atoms. The first-order chi connectivity index (χ1) is 8.04. The van der Waals surface area contributed by atoms with Crippen molar-refractivity contribution in [3.8, 4) is 5.75 Å². The number of aromatic nitrogens is 3. The molecule has 2 rings (SSSR count). The fourth-order valence-corrected chi connectivity index (χ4v) is 1.74. The van der Waals surface area contributed by atoms with Gasteiger partial charge >= 0.3 is 0 Å². The smallest absolute Gasteiger partial charge is 0.132 e. The predicted octanol–water partition coefficient (Wildman–Crippen LogP) is 2.32. The van der Waals surface area contributed by atoms with Crippen molar-refractivity contribution in [1.29, 1.82) is 0 Å². The monoisotopic (exact) mass is 231 g/mol. The molecule has 0 bridgehead atoms. The van der Waals surface area contributed by atoms with Gasteiger partial charge in [0.15, 0.2) is 0 Å². The van der Waals surface area contributed by atoms with E-state index in [9.17, 15) is 0 Å². The molecule has 0 radical (unpaired) electrons. The highest BCUT2D eigenvalue weighted by molar-refractivity contribution is 5.26. The van der Waals surface area contributed by atoms with Crippen molar-refractivity contribution in [2.24, 2.45) is 7.05 Å². The van der Waals surface area contributed by atoms with E-state index in [1.807, 2.05) is 50.7 Å². The van der Waals surface area contributed by atoms with E-state index in [0.29, 0.717) is 6.61 Å². The van der Waals surface area contributed by atoms with Gasteiger partial charge in [0.2, 0.25) is 0 Å². The molecule has 0 atom stereocenters. The van der Waals surface area contributed by atoms with E-state index in [2.05, 4.69) is 10.1 Å². The maximum Gasteiger partial charge on any atom is 0.132 e. The summed E-state index contributed by atoms with van der Waals surface area (Å²) in [6.07, 6.45) is 0. The Kier molecular flexibility index (Phi) is 3.13. The van der Waals surface area contributed by atoms with Crippen molar-refractivity contribution in [2.45, 2.75) is 27.4 Å². The Bertz CT molecular complexity index is 492. The zero-order valence-electron chi connectivity index (χ0n) is 10.7. The normalized spacial score (nSPS) is 10.6. The van der Waals surface area contributed by atoms with Crippen molar-refractivity contribution in [1.82, 2.24) is 14.8 Å². The topological polar surface area (TPSA) is 39.9 Å². The first kappa shape index (κ1) is 11.6. The number of pyridine rings is 1. The van der Waals surface area contributed by atoms with Crippen molar-refractivity contribution < 1.29 is 4.74 Å². The van der Waals surface area contributed by atoms with Crippen molar-refractivity contribution in [3.63, 3.8) is 0 Å². The van der Waals surface area contributed by atoms with Crippen LogP contribution < -0.4 is 4.74 Å². The Hall–Kier alpha value is -1.84. The third-order valence-electron chi connectivity index (χ3n) is 2.61. The Labute approximate surface area is 101 Å². The summed E-state index contributed by atoms with van der Waals surface area (Å²) in [5.41, 5.74) is 4.01. The Morgan fingerprint density at radius 2 is 1.76 bits per heavy atom. The van der Waals surface area contributed by atoms with Gasteiger partial charge in [-0.05, 0) is 26.8 Å². The van der Waals surface area contributed by atoms with Gasteiger partial charge in [0.1, 0.15) is 18.1 Å². The van der Waals surface area contributed by atoms with E-state index in [1.165, 1.54) is 0 Å². The van der Waals surface area contributed by atoms with E-state index in [4.69, 9.17) is 4.74 Å². The first-order valence-corrected chi connectivity index (χ1v) is 5.62. The van der Waals surface area contributed by atoms with Gasteiger partial charge in [-0.1, -0.05) is 0 Å². The summed E-state index contributed by atoms with van der Waals surface area (Å²) >= 11 is 0. The molecular weight excluding hydrogens is 214 g/mol. The van der Waals surface area contributed by atoms with Crippen LogP contribution in [-0.2, 0) is 13.7 Å². The summed E-state index contributed by atoms with van der Waals surface area (Å²) < 4.78 is 7.56. The Balaban J connectivity index is 2.07. The average molecular weight is 231 g/mol. The van der Waals surface area contributed by atoms with Crippen LogP contribution in [-0.4, -0.2) is 14.8 Å².